The van der Waals surface area contributed by atoms with E-state index in [-0.39, 0.29) is 6.71 Å². The van der Waals surface area contributed by atoms with Gasteiger partial charge in [0, 0.05) is 61.6 Å². The normalized spacial score (nSPS) is 12.1. The lowest BCUT2D eigenvalue weighted by Crippen LogP contribution is -2.61. The Labute approximate surface area is 522 Å². The fourth-order valence-electron chi connectivity index (χ4n) is 13.7. The summed E-state index contributed by atoms with van der Waals surface area (Å²) in [5.74, 6) is 1.54. The van der Waals surface area contributed by atoms with Gasteiger partial charge in [0.05, 0.1) is 28.4 Å². The van der Waals surface area contributed by atoms with Crippen molar-refractivity contribution in [3.05, 3.63) is 321 Å². The highest BCUT2D eigenvalue weighted by Crippen LogP contribution is 2.48. The van der Waals surface area contributed by atoms with Crippen molar-refractivity contribution in [3.8, 4) is 90.4 Å². The van der Waals surface area contributed by atoms with Crippen LogP contribution < -0.4 is 26.2 Å². The number of rotatable bonds is 10. The Morgan fingerprint density at radius 3 is 1.19 bits per heavy atom. The zero-order valence-corrected chi connectivity index (χ0v) is 48.7. The molecule has 7 nitrogen and oxygen atoms in total. The second-order valence-electron chi connectivity index (χ2n) is 23.0. The van der Waals surface area contributed by atoms with E-state index in [0.29, 0.717) is 28.6 Å². The predicted molar refractivity (Wildman–Crippen MR) is 371 cm³/mol. The summed E-state index contributed by atoms with van der Waals surface area (Å²) in [7, 11) is 0. The van der Waals surface area contributed by atoms with E-state index in [1.54, 1.807) is 0 Å². The number of nitriles is 1. The summed E-state index contributed by atoms with van der Waals surface area (Å²) in [5.41, 5.74) is 25.1. The lowest BCUT2D eigenvalue weighted by molar-refractivity contribution is 1.06. The molecule has 2 aliphatic heterocycles. The third kappa shape index (κ3) is 8.87. The fourth-order valence-corrected chi connectivity index (χ4v) is 13.7. The van der Waals surface area contributed by atoms with Crippen molar-refractivity contribution in [2.75, 3.05) is 9.80 Å². The molecule has 0 saturated carbocycles. The third-order valence-electron chi connectivity index (χ3n) is 17.8. The van der Waals surface area contributed by atoms with Gasteiger partial charge in [-0.2, -0.15) is 5.26 Å². The molecule has 13 aromatic carbocycles. The zero-order chi connectivity index (χ0) is 59.7. The average Bonchev–Trinajstić information content (AvgIpc) is 0.716. The first-order valence-corrected chi connectivity index (χ1v) is 30.4. The molecular weight excluding hydrogens is 1090 g/mol. The molecule has 0 N–H and O–H groups in total. The first kappa shape index (κ1) is 52.2. The molecule has 0 saturated heterocycles. The number of anilines is 6. The van der Waals surface area contributed by atoms with Crippen molar-refractivity contribution < 1.29 is 0 Å². The van der Waals surface area contributed by atoms with Gasteiger partial charge >= 0.3 is 0 Å². The van der Waals surface area contributed by atoms with Crippen molar-refractivity contribution in [1.29, 1.82) is 5.26 Å². The van der Waals surface area contributed by atoms with Gasteiger partial charge < -0.3 is 14.4 Å². The number of nitrogens with zero attached hydrogens (tertiary/aromatic N) is 7. The molecule has 0 fully saturated rings. The zero-order valence-electron chi connectivity index (χ0n) is 48.7. The summed E-state index contributed by atoms with van der Waals surface area (Å²) in [5, 5.41) is 12.8. The van der Waals surface area contributed by atoms with Crippen LogP contribution in [0.25, 0.3) is 106 Å². The van der Waals surface area contributed by atoms with Gasteiger partial charge in [-0.15, -0.1) is 0 Å². The lowest BCUT2D eigenvalue weighted by Gasteiger charge is -2.44. The van der Waals surface area contributed by atoms with E-state index in [9.17, 15) is 5.26 Å². The number of para-hydroxylation sites is 2. The topological polar surface area (TPSA) is 73.9 Å². The third-order valence-corrected chi connectivity index (χ3v) is 17.8. The van der Waals surface area contributed by atoms with Crippen LogP contribution in [-0.4, -0.2) is 26.2 Å². The number of fused-ring (bicyclic) bond motifs is 7. The first-order chi connectivity index (χ1) is 44.6. The average molecular weight is 1150 g/mol. The molecule has 8 heteroatoms. The number of aromatic nitrogens is 4. The standard InChI is InChI=1S/C82H52BN7/c84-53-54-36-44-73(69(46-54)82-86-80(58-28-14-4-15-29-58)85-81(87-82)59-30-16-5-17-31-59)90-72-45-40-60(47-68(72)67-41-37-61(48-74(67)90)55-22-8-1-9-23-55)64-51-77-79-78(52-64)89(66-34-20-7-21-35-66)76-50-63(57-26-12-3-13-27-57)39-43-71(76)83(79)70-42-38-62(56-24-10-2-11-25-56)49-75(70)88(77)65-32-18-6-19-33-65/h1-52H. The Hall–Kier alpha value is -12.2. The Kier molecular flexibility index (Phi) is 12.6. The van der Waals surface area contributed by atoms with Gasteiger partial charge in [-0.3, -0.25) is 0 Å². The predicted octanol–water partition coefficient (Wildman–Crippen LogP) is 18.6. The number of hydrogen-bond acceptors (Lipinski definition) is 6. The van der Waals surface area contributed by atoms with Gasteiger partial charge in [0.1, 0.15) is 0 Å². The maximum Gasteiger partial charge on any atom is 0.252 e. The van der Waals surface area contributed by atoms with Crippen LogP contribution in [0, 0.1) is 11.3 Å². The summed E-state index contributed by atoms with van der Waals surface area (Å²) in [6, 6.07) is 115. The van der Waals surface area contributed by atoms with Crippen LogP contribution in [-0.2, 0) is 0 Å². The molecule has 0 bridgehead atoms. The Bertz CT molecular complexity index is 5090. The molecular formula is C82H52BN7. The summed E-state index contributed by atoms with van der Waals surface area (Å²) in [6.45, 7) is -0.0959. The van der Waals surface area contributed by atoms with Crippen LogP contribution in [0.15, 0.2) is 315 Å². The molecule has 2 aromatic heterocycles. The SMILES string of the molecule is N#Cc1ccc(-n2c3ccc(-c4cc5c6c(c4)N(c4ccccc4)c4cc(-c7ccccc7)ccc4B6c4ccc(-c6ccccc6)cc4N5c4ccccc4)cc3c3ccc(-c4ccccc4)cc32)c(-c2nc(-c3ccccc3)nc(-c3ccccc3)n2)c1. The molecule has 0 unspecified atom stereocenters. The van der Waals surface area contributed by atoms with Crippen LogP contribution >= 0.6 is 0 Å². The molecule has 0 atom stereocenters. The van der Waals surface area contributed by atoms with Crippen LogP contribution in [0.4, 0.5) is 34.1 Å². The Balaban J connectivity index is 0.929. The number of hydrogen-bond donors (Lipinski definition) is 0. The summed E-state index contributed by atoms with van der Waals surface area (Å²) < 4.78 is 2.34. The van der Waals surface area contributed by atoms with E-state index in [1.807, 2.05) is 78.9 Å². The van der Waals surface area contributed by atoms with Crippen molar-refractivity contribution in [1.82, 2.24) is 19.5 Å². The highest BCUT2D eigenvalue weighted by atomic mass is 15.2. The molecule has 2 aliphatic rings. The highest BCUT2D eigenvalue weighted by molar-refractivity contribution is 7.00. The molecule has 0 radical (unpaired) electrons. The summed E-state index contributed by atoms with van der Waals surface area (Å²) >= 11 is 0. The highest BCUT2D eigenvalue weighted by Gasteiger charge is 2.44. The maximum atomic E-state index is 10.6. The van der Waals surface area contributed by atoms with Crippen molar-refractivity contribution in [2.24, 2.45) is 0 Å². The van der Waals surface area contributed by atoms with Gasteiger partial charge in [0.25, 0.3) is 6.71 Å². The minimum atomic E-state index is -0.0959. The van der Waals surface area contributed by atoms with E-state index >= 15 is 0 Å². The second-order valence-corrected chi connectivity index (χ2v) is 23.0. The maximum absolute atomic E-state index is 10.6. The summed E-state index contributed by atoms with van der Waals surface area (Å²) in [6.07, 6.45) is 0. The van der Waals surface area contributed by atoms with Crippen LogP contribution in [0.3, 0.4) is 0 Å². The molecule has 15 aromatic rings. The molecule has 4 heterocycles. The minimum absolute atomic E-state index is 0.0959. The summed E-state index contributed by atoms with van der Waals surface area (Å²) in [4.78, 5) is 20.6. The molecule has 90 heavy (non-hydrogen) atoms. The van der Waals surface area contributed by atoms with Gasteiger partial charge in [-0.1, -0.05) is 231 Å². The van der Waals surface area contributed by atoms with Crippen molar-refractivity contribution in [3.63, 3.8) is 0 Å². The lowest BCUT2D eigenvalue weighted by atomic mass is 9.33. The van der Waals surface area contributed by atoms with Crippen molar-refractivity contribution >= 4 is 79.0 Å². The molecule has 0 aliphatic carbocycles. The van der Waals surface area contributed by atoms with Gasteiger partial charge in [0.15, 0.2) is 17.5 Å². The van der Waals surface area contributed by atoms with Crippen molar-refractivity contribution in [2.45, 2.75) is 0 Å². The van der Waals surface area contributed by atoms with Gasteiger partial charge in [-0.05, 0) is 146 Å². The quantitative estimate of drug-likeness (QED) is 0.127. The van der Waals surface area contributed by atoms with E-state index in [4.69, 9.17) is 15.0 Å². The fraction of sp³-hybridized carbons (Fsp3) is 0. The van der Waals surface area contributed by atoms with Crippen LogP contribution in [0.1, 0.15) is 5.56 Å². The first-order valence-electron chi connectivity index (χ1n) is 30.4. The Morgan fingerprint density at radius 2 is 0.700 bits per heavy atom. The van der Waals surface area contributed by atoms with Crippen LogP contribution in [0.2, 0.25) is 0 Å². The van der Waals surface area contributed by atoms with Crippen LogP contribution in [0.5, 0.6) is 0 Å². The second kappa shape index (κ2) is 21.7. The molecule has 0 amide bonds. The minimum Gasteiger partial charge on any atom is -0.311 e. The van der Waals surface area contributed by atoms with Gasteiger partial charge in [0.2, 0.25) is 0 Å². The largest absolute Gasteiger partial charge is 0.311 e. The Morgan fingerprint density at radius 1 is 0.289 bits per heavy atom. The molecule has 418 valence electrons. The molecule has 17 rings (SSSR count). The molecule has 0 spiro atoms. The van der Waals surface area contributed by atoms with E-state index in [0.717, 1.165) is 106 Å². The monoisotopic (exact) mass is 1150 g/mol. The smallest absolute Gasteiger partial charge is 0.252 e. The van der Waals surface area contributed by atoms with E-state index in [1.165, 1.54) is 27.5 Å². The van der Waals surface area contributed by atoms with Gasteiger partial charge in [-0.25, -0.2) is 15.0 Å². The number of benzene rings is 13. The van der Waals surface area contributed by atoms with E-state index < -0.39 is 0 Å². The van der Waals surface area contributed by atoms with E-state index in [2.05, 4.69) is 257 Å².